The molecule has 3 heterocycles. The molecule has 2 N–H and O–H groups in total. The molecule has 31 heavy (non-hydrogen) atoms. The third-order valence-electron chi connectivity index (χ3n) is 6.11. The molecular formula is C20H23ClN6O3S. The first kappa shape index (κ1) is 20.5. The highest BCUT2D eigenvalue weighted by Gasteiger charge is 2.55. The Labute approximate surface area is 185 Å². The fraction of sp³-hybridized carbons (Fsp3) is 0.450. The van der Waals surface area contributed by atoms with E-state index in [-0.39, 0.29) is 17.9 Å². The number of ether oxygens (including phenoxy) is 1. The molecule has 2 aromatic heterocycles. The molecule has 164 valence electrons. The van der Waals surface area contributed by atoms with Gasteiger partial charge in [0, 0.05) is 18.9 Å². The van der Waals surface area contributed by atoms with Crippen molar-refractivity contribution in [1.82, 2.24) is 19.5 Å². The Kier molecular flexibility index (Phi) is 4.65. The second kappa shape index (κ2) is 7.04. The minimum absolute atomic E-state index is 0.0871. The molecule has 0 radical (unpaired) electrons. The Morgan fingerprint density at radius 3 is 2.71 bits per heavy atom. The van der Waals surface area contributed by atoms with Gasteiger partial charge in [-0.05, 0) is 31.9 Å². The minimum Gasteiger partial charge on any atom is -0.377 e. The Morgan fingerprint density at radius 1 is 1.26 bits per heavy atom. The minimum atomic E-state index is -3.36. The average Bonchev–Trinajstić information content (AvgIpc) is 3.47. The molecular weight excluding hydrogens is 440 g/mol. The van der Waals surface area contributed by atoms with Gasteiger partial charge in [-0.1, -0.05) is 17.7 Å². The fourth-order valence-electron chi connectivity index (χ4n) is 4.19. The van der Waals surface area contributed by atoms with Crippen LogP contribution in [0.3, 0.4) is 0 Å². The van der Waals surface area contributed by atoms with Crippen molar-refractivity contribution in [2.75, 3.05) is 36.6 Å². The Balaban J connectivity index is 1.75. The number of nitrogens with zero attached hydrogens (tertiary/aromatic N) is 5. The molecule has 0 amide bonds. The van der Waals surface area contributed by atoms with E-state index in [1.54, 1.807) is 22.8 Å². The van der Waals surface area contributed by atoms with E-state index < -0.39 is 14.6 Å². The maximum Gasteiger partial charge on any atom is 0.239 e. The van der Waals surface area contributed by atoms with Crippen LogP contribution < -0.4 is 10.6 Å². The van der Waals surface area contributed by atoms with Crippen LogP contribution in [0.4, 0.5) is 11.8 Å². The van der Waals surface area contributed by atoms with Crippen LogP contribution >= 0.6 is 11.6 Å². The van der Waals surface area contributed by atoms with E-state index in [4.69, 9.17) is 27.1 Å². The monoisotopic (exact) mass is 462 g/mol. The summed E-state index contributed by atoms with van der Waals surface area (Å²) in [6.07, 6.45) is 2.33. The molecule has 0 spiro atoms. The van der Waals surface area contributed by atoms with Gasteiger partial charge in [0.05, 0.1) is 35.5 Å². The van der Waals surface area contributed by atoms with Crippen LogP contribution in [0.5, 0.6) is 0 Å². The molecule has 1 aromatic carbocycles. The summed E-state index contributed by atoms with van der Waals surface area (Å²) in [6, 6.07) is 7.25. The topological polar surface area (TPSA) is 116 Å². The van der Waals surface area contributed by atoms with Gasteiger partial charge in [0.15, 0.2) is 9.84 Å². The Hall–Kier alpha value is -2.43. The molecule has 11 heteroatoms. The highest BCUT2D eigenvalue weighted by atomic mass is 35.5. The van der Waals surface area contributed by atoms with Crippen LogP contribution in [-0.2, 0) is 19.3 Å². The fourth-order valence-corrected chi connectivity index (χ4v) is 5.73. The lowest BCUT2D eigenvalue weighted by atomic mass is 10.2. The van der Waals surface area contributed by atoms with Crippen LogP contribution in [-0.4, -0.2) is 60.0 Å². The van der Waals surface area contributed by atoms with Crippen molar-refractivity contribution in [3.8, 4) is 5.95 Å². The molecule has 3 aromatic rings. The third-order valence-corrected chi connectivity index (χ3v) is 8.45. The molecule has 1 atom stereocenters. The lowest BCUT2D eigenvalue weighted by Crippen LogP contribution is -2.44. The summed E-state index contributed by atoms with van der Waals surface area (Å²) in [7, 11) is -3.36. The molecule has 1 aliphatic heterocycles. The van der Waals surface area contributed by atoms with Crippen molar-refractivity contribution >= 4 is 44.2 Å². The molecule has 1 saturated carbocycles. The maximum atomic E-state index is 12.6. The van der Waals surface area contributed by atoms with E-state index in [2.05, 4.69) is 14.9 Å². The third kappa shape index (κ3) is 3.24. The molecule has 1 aliphatic carbocycles. The van der Waals surface area contributed by atoms with Crippen molar-refractivity contribution in [2.45, 2.75) is 30.6 Å². The standard InChI is InChI=1S/C20H23ClN6O3S/c1-12-11-30-9-8-26(12)16-10-15(20(6-7-20)31(2,28)29)23-19(24-16)27-14-5-3-4-13(21)17(14)25-18(27)22/h3-5,10,12H,6-9,11H2,1-2H3,(H2,22,25)/t12-/m1/s1. The number of benzene rings is 1. The van der Waals surface area contributed by atoms with Gasteiger partial charge in [-0.3, -0.25) is 0 Å². The number of aromatic nitrogens is 4. The van der Waals surface area contributed by atoms with Crippen LogP contribution in [0.1, 0.15) is 25.5 Å². The SMILES string of the molecule is C[C@@H]1COCCN1c1cc(C2(S(C)(=O)=O)CC2)nc(-n2c(N)nc3c(Cl)cccc32)n1. The molecule has 0 bridgehead atoms. The summed E-state index contributed by atoms with van der Waals surface area (Å²) in [4.78, 5) is 16.0. The van der Waals surface area contributed by atoms with Gasteiger partial charge in [-0.15, -0.1) is 0 Å². The van der Waals surface area contributed by atoms with E-state index >= 15 is 0 Å². The lowest BCUT2D eigenvalue weighted by Gasteiger charge is -2.34. The Morgan fingerprint density at radius 2 is 2.03 bits per heavy atom. The quantitative estimate of drug-likeness (QED) is 0.627. The first-order valence-electron chi connectivity index (χ1n) is 10.1. The zero-order chi connectivity index (χ0) is 22.0. The molecule has 2 fully saturated rings. The summed E-state index contributed by atoms with van der Waals surface area (Å²) in [5.41, 5.74) is 7.92. The number of anilines is 2. The second-order valence-electron chi connectivity index (χ2n) is 8.21. The lowest BCUT2D eigenvalue weighted by molar-refractivity contribution is 0.0985. The van der Waals surface area contributed by atoms with Gasteiger partial charge in [0.1, 0.15) is 16.1 Å². The number of nitrogens with two attached hydrogens (primary N) is 1. The smallest absolute Gasteiger partial charge is 0.239 e. The zero-order valence-electron chi connectivity index (χ0n) is 17.2. The van der Waals surface area contributed by atoms with Gasteiger partial charge in [-0.2, -0.15) is 4.98 Å². The number of fused-ring (bicyclic) bond motifs is 1. The summed E-state index contributed by atoms with van der Waals surface area (Å²) in [5.74, 6) is 1.11. The highest BCUT2D eigenvalue weighted by Crippen LogP contribution is 2.52. The number of nitrogen functional groups attached to an aromatic ring is 1. The summed E-state index contributed by atoms with van der Waals surface area (Å²) in [6.45, 7) is 3.83. The second-order valence-corrected chi connectivity index (χ2v) is 10.9. The number of para-hydroxylation sites is 1. The van der Waals surface area contributed by atoms with Crippen molar-refractivity contribution in [3.63, 3.8) is 0 Å². The first-order valence-corrected chi connectivity index (χ1v) is 12.3. The van der Waals surface area contributed by atoms with E-state index in [9.17, 15) is 8.42 Å². The maximum absolute atomic E-state index is 12.6. The normalized spacial score (nSPS) is 20.9. The number of morpholine rings is 1. The van der Waals surface area contributed by atoms with Crippen LogP contribution in [0.15, 0.2) is 24.3 Å². The van der Waals surface area contributed by atoms with Crippen molar-refractivity contribution in [3.05, 3.63) is 35.0 Å². The summed E-state index contributed by atoms with van der Waals surface area (Å²) >= 11 is 6.30. The largest absolute Gasteiger partial charge is 0.377 e. The van der Waals surface area contributed by atoms with Crippen LogP contribution in [0, 0.1) is 0 Å². The molecule has 0 unspecified atom stereocenters. The number of sulfone groups is 1. The van der Waals surface area contributed by atoms with Gasteiger partial charge in [-0.25, -0.2) is 23.0 Å². The van der Waals surface area contributed by atoms with Gasteiger partial charge >= 0.3 is 0 Å². The van der Waals surface area contributed by atoms with E-state index in [1.165, 1.54) is 6.26 Å². The molecule has 9 nitrogen and oxygen atoms in total. The van der Waals surface area contributed by atoms with Crippen molar-refractivity contribution < 1.29 is 13.2 Å². The van der Waals surface area contributed by atoms with E-state index in [0.29, 0.717) is 60.2 Å². The number of hydrogen-bond donors (Lipinski definition) is 1. The summed E-state index contributed by atoms with van der Waals surface area (Å²) in [5, 5.41) is 0.468. The average molecular weight is 463 g/mol. The van der Waals surface area contributed by atoms with Gasteiger partial charge in [0.2, 0.25) is 11.9 Å². The van der Waals surface area contributed by atoms with Crippen molar-refractivity contribution in [1.29, 1.82) is 0 Å². The zero-order valence-corrected chi connectivity index (χ0v) is 18.8. The van der Waals surface area contributed by atoms with Gasteiger partial charge < -0.3 is 15.4 Å². The van der Waals surface area contributed by atoms with Crippen LogP contribution in [0.25, 0.3) is 17.0 Å². The molecule has 1 saturated heterocycles. The van der Waals surface area contributed by atoms with Crippen molar-refractivity contribution in [2.24, 2.45) is 0 Å². The number of hydrogen-bond acceptors (Lipinski definition) is 8. The van der Waals surface area contributed by atoms with E-state index in [0.717, 1.165) is 0 Å². The highest BCUT2D eigenvalue weighted by molar-refractivity contribution is 7.91. The molecule has 5 rings (SSSR count). The number of halogens is 1. The van der Waals surface area contributed by atoms with Crippen LogP contribution in [0.2, 0.25) is 5.02 Å². The first-order chi connectivity index (χ1) is 14.7. The predicted molar refractivity (Wildman–Crippen MR) is 119 cm³/mol. The summed E-state index contributed by atoms with van der Waals surface area (Å²) < 4.78 is 31.5. The molecule has 2 aliphatic rings. The van der Waals surface area contributed by atoms with Gasteiger partial charge in [0.25, 0.3) is 0 Å². The predicted octanol–water partition coefficient (Wildman–Crippen LogP) is 2.31. The van der Waals surface area contributed by atoms with E-state index in [1.807, 2.05) is 13.0 Å². The Bertz CT molecular complexity index is 1290. The number of rotatable bonds is 4. The number of imidazole rings is 1.